The fraction of sp³-hybridized carbons (Fsp3) is 0.333. The lowest BCUT2D eigenvalue weighted by Crippen LogP contribution is -2.02. The fourth-order valence-corrected chi connectivity index (χ4v) is 2.75. The summed E-state index contributed by atoms with van der Waals surface area (Å²) in [7, 11) is 1.87. The summed E-state index contributed by atoms with van der Waals surface area (Å²) in [4.78, 5) is 9.21. The van der Waals surface area contributed by atoms with Crippen LogP contribution in [0.15, 0.2) is 16.6 Å². The molecule has 2 aromatic rings. The van der Waals surface area contributed by atoms with Gasteiger partial charge in [0.05, 0.1) is 10.2 Å². The van der Waals surface area contributed by atoms with Crippen LogP contribution in [-0.2, 0) is 0 Å². The van der Waals surface area contributed by atoms with Crippen molar-refractivity contribution in [1.82, 2.24) is 9.97 Å². The quantitative estimate of drug-likeness (QED) is 0.902. The van der Waals surface area contributed by atoms with Crippen LogP contribution in [0.25, 0.3) is 11.4 Å². The van der Waals surface area contributed by atoms with E-state index in [9.17, 15) is 0 Å². The molecule has 100 valence electrons. The van der Waals surface area contributed by atoms with Crippen LogP contribution in [0.1, 0.15) is 22.4 Å². The van der Waals surface area contributed by atoms with Gasteiger partial charge in [-0.25, -0.2) is 9.97 Å². The summed E-state index contributed by atoms with van der Waals surface area (Å²) in [6, 6.07) is 4.34. The van der Waals surface area contributed by atoms with Gasteiger partial charge in [0.15, 0.2) is 5.82 Å². The molecule has 0 amide bonds. The highest BCUT2D eigenvalue weighted by atomic mass is 79.9. The van der Waals surface area contributed by atoms with Crippen LogP contribution in [0.3, 0.4) is 0 Å². The molecular formula is C15H18BrN3. The van der Waals surface area contributed by atoms with Gasteiger partial charge in [0.2, 0.25) is 0 Å². The predicted octanol–water partition coefficient (Wildman–Crippen LogP) is 4.18. The molecule has 0 saturated carbocycles. The number of anilines is 1. The van der Waals surface area contributed by atoms with Crippen LogP contribution in [0.4, 0.5) is 5.82 Å². The molecule has 4 heteroatoms. The summed E-state index contributed by atoms with van der Waals surface area (Å²) in [6.45, 7) is 8.30. The first-order chi connectivity index (χ1) is 8.93. The molecule has 0 saturated heterocycles. The Kier molecular flexibility index (Phi) is 3.90. The maximum Gasteiger partial charge on any atom is 0.162 e. The summed E-state index contributed by atoms with van der Waals surface area (Å²) >= 11 is 3.51. The zero-order valence-electron chi connectivity index (χ0n) is 11.9. The average Bonchev–Trinajstić information content (AvgIpc) is 2.32. The van der Waals surface area contributed by atoms with Gasteiger partial charge in [-0.05, 0) is 54.8 Å². The Morgan fingerprint density at radius 1 is 1.00 bits per heavy atom. The maximum atomic E-state index is 4.60. The van der Waals surface area contributed by atoms with Gasteiger partial charge >= 0.3 is 0 Å². The van der Waals surface area contributed by atoms with E-state index in [2.05, 4.69) is 64.1 Å². The van der Waals surface area contributed by atoms with Gasteiger partial charge in [-0.15, -0.1) is 0 Å². The number of nitrogens with zero attached hydrogens (tertiary/aromatic N) is 2. The smallest absolute Gasteiger partial charge is 0.162 e. The van der Waals surface area contributed by atoms with Gasteiger partial charge in [-0.1, -0.05) is 17.7 Å². The first-order valence-corrected chi connectivity index (χ1v) is 7.03. The second kappa shape index (κ2) is 5.29. The van der Waals surface area contributed by atoms with Crippen molar-refractivity contribution in [3.63, 3.8) is 0 Å². The third-order valence-corrected chi connectivity index (χ3v) is 4.10. The summed E-state index contributed by atoms with van der Waals surface area (Å²) in [5.41, 5.74) is 5.75. The Hall–Kier alpha value is -1.42. The standard InChI is InChI=1S/C15H18BrN3/c1-8-6-9(2)12(10(3)7-8)14-18-11(4)13(16)15(17-5)19-14/h6-7H,1-5H3,(H,17,18,19). The third kappa shape index (κ3) is 2.63. The largest absolute Gasteiger partial charge is 0.372 e. The Labute approximate surface area is 122 Å². The molecule has 1 aromatic carbocycles. The second-order valence-corrected chi connectivity index (χ2v) is 5.61. The molecule has 0 aliphatic rings. The first kappa shape index (κ1) is 14.0. The fourth-order valence-electron chi connectivity index (χ4n) is 2.37. The number of nitrogens with one attached hydrogen (secondary N) is 1. The van der Waals surface area contributed by atoms with Crippen LogP contribution in [0, 0.1) is 27.7 Å². The van der Waals surface area contributed by atoms with Crippen molar-refractivity contribution < 1.29 is 0 Å². The lowest BCUT2D eigenvalue weighted by molar-refractivity contribution is 1.08. The molecule has 1 heterocycles. The molecule has 2 rings (SSSR count). The molecule has 0 unspecified atom stereocenters. The zero-order chi connectivity index (χ0) is 14.2. The van der Waals surface area contributed by atoms with Crippen molar-refractivity contribution in [2.75, 3.05) is 12.4 Å². The highest BCUT2D eigenvalue weighted by Crippen LogP contribution is 2.30. The normalized spacial score (nSPS) is 10.6. The molecule has 0 atom stereocenters. The predicted molar refractivity (Wildman–Crippen MR) is 83.7 cm³/mol. The molecule has 1 aromatic heterocycles. The minimum Gasteiger partial charge on any atom is -0.372 e. The number of hydrogen-bond donors (Lipinski definition) is 1. The molecule has 19 heavy (non-hydrogen) atoms. The molecule has 0 aliphatic carbocycles. The lowest BCUT2D eigenvalue weighted by atomic mass is 9.99. The minimum absolute atomic E-state index is 0.778. The zero-order valence-corrected chi connectivity index (χ0v) is 13.5. The van der Waals surface area contributed by atoms with E-state index in [4.69, 9.17) is 0 Å². The van der Waals surface area contributed by atoms with Crippen LogP contribution < -0.4 is 5.32 Å². The van der Waals surface area contributed by atoms with Gasteiger partial charge in [0, 0.05) is 12.6 Å². The molecule has 0 fully saturated rings. The van der Waals surface area contributed by atoms with Crippen molar-refractivity contribution in [3.05, 3.63) is 39.0 Å². The topological polar surface area (TPSA) is 37.8 Å². The Morgan fingerprint density at radius 2 is 1.58 bits per heavy atom. The third-order valence-electron chi connectivity index (χ3n) is 3.15. The van der Waals surface area contributed by atoms with Crippen LogP contribution in [0.2, 0.25) is 0 Å². The number of aryl methyl sites for hydroxylation is 4. The van der Waals surface area contributed by atoms with Crippen molar-refractivity contribution in [1.29, 1.82) is 0 Å². The SMILES string of the molecule is CNc1nc(-c2c(C)cc(C)cc2C)nc(C)c1Br. The Morgan fingerprint density at radius 3 is 2.11 bits per heavy atom. The Balaban J connectivity index is 2.69. The van der Waals surface area contributed by atoms with E-state index in [-0.39, 0.29) is 0 Å². The van der Waals surface area contributed by atoms with Gasteiger partial charge in [-0.3, -0.25) is 0 Å². The van der Waals surface area contributed by atoms with Crippen molar-refractivity contribution in [2.45, 2.75) is 27.7 Å². The molecule has 0 radical (unpaired) electrons. The van der Waals surface area contributed by atoms with Crippen LogP contribution in [-0.4, -0.2) is 17.0 Å². The Bertz CT molecular complexity index is 613. The summed E-state index contributed by atoms with van der Waals surface area (Å²) in [6.07, 6.45) is 0. The van der Waals surface area contributed by atoms with Gasteiger partial charge in [-0.2, -0.15) is 0 Å². The summed E-state index contributed by atoms with van der Waals surface area (Å²) in [5, 5.41) is 3.10. The van der Waals surface area contributed by atoms with Crippen LogP contribution in [0.5, 0.6) is 0 Å². The molecule has 0 spiro atoms. The first-order valence-electron chi connectivity index (χ1n) is 6.24. The highest BCUT2D eigenvalue weighted by molar-refractivity contribution is 9.10. The van der Waals surface area contributed by atoms with Gasteiger partial charge in [0.1, 0.15) is 5.82 Å². The number of rotatable bonds is 2. The number of benzene rings is 1. The average molecular weight is 320 g/mol. The number of aromatic nitrogens is 2. The van der Waals surface area contributed by atoms with E-state index in [1.165, 1.54) is 16.7 Å². The monoisotopic (exact) mass is 319 g/mol. The molecule has 1 N–H and O–H groups in total. The molecule has 3 nitrogen and oxygen atoms in total. The lowest BCUT2D eigenvalue weighted by Gasteiger charge is -2.13. The molecule has 0 aliphatic heterocycles. The van der Waals surface area contributed by atoms with E-state index >= 15 is 0 Å². The highest BCUT2D eigenvalue weighted by Gasteiger charge is 2.13. The van der Waals surface area contributed by atoms with Crippen molar-refractivity contribution >= 4 is 21.7 Å². The van der Waals surface area contributed by atoms with E-state index in [0.717, 1.165) is 27.4 Å². The maximum absolute atomic E-state index is 4.60. The summed E-state index contributed by atoms with van der Waals surface area (Å²) < 4.78 is 0.918. The van der Waals surface area contributed by atoms with Crippen LogP contribution >= 0.6 is 15.9 Å². The van der Waals surface area contributed by atoms with Crippen molar-refractivity contribution in [3.8, 4) is 11.4 Å². The molecular weight excluding hydrogens is 302 g/mol. The van der Waals surface area contributed by atoms with Gasteiger partial charge in [0.25, 0.3) is 0 Å². The van der Waals surface area contributed by atoms with E-state index < -0.39 is 0 Å². The molecule has 0 bridgehead atoms. The second-order valence-electron chi connectivity index (χ2n) is 4.82. The number of hydrogen-bond acceptors (Lipinski definition) is 3. The summed E-state index contributed by atoms with van der Waals surface area (Å²) in [5.74, 6) is 1.60. The van der Waals surface area contributed by atoms with E-state index in [0.29, 0.717) is 0 Å². The van der Waals surface area contributed by atoms with Crippen molar-refractivity contribution in [2.24, 2.45) is 0 Å². The minimum atomic E-state index is 0.778. The van der Waals surface area contributed by atoms with E-state index in [1.807, 2.05) is 14.0 Å². The number of halogens is 1. The van der Waals surface area contributed by atoms with E-state index in [1.54, 1.807) is 0 Å². The van der Waals surface area contributed by atoms with Gasteiger partial charge < -0.3 is 5.32 Å².